The van der Waals surface area contributed by atoms with Gasteiger partial charge >= 0.3 is 0 Å². The molecule has 0 spiro atoms. The molecule has 0 saturated heterocycles. The molecular weight excluding hydrogens is 305 g/mol. The van der Waals surface area contributed by atoms with Crippen molar-refractivity contribution < 1.29 is 4.39 Å². The van der Waals surface area contributed by atoms with Gasteiger partial charge in [0.2, 0.25) is 5.96 Å². The first kappa shape index (κ1) is 16.1. The highest BCUT2D eigenvalue weighted by Crippen LogP contribution is 2.35. The largest absolute Gasteiger partial charge is 0.369 e. The molecule has 1 aliphatic carbocycles. The lowest BCUT2D eigenvalue weighted by Crippen LogP contribution is -2.24. The summed E-state index contributed by atoms with van der Waals surface area (Å²) in [6.07, 6.45) is 3.16. The summed E-state index contributed by atoms with van der Waals surface area (Å²) in [4.78, 5) is 4.50. The zero-order chi connectivity index (χ0) is 17.3. The molecule has 0 radical (unpaired) electrons. The lowest BCUT2D eigenvalue weighted by atomic mass is 9.79. The van der Waals surface area contributed by atoms with Gasteiger partial charge in [-0.2, -0.15) is 5.10 Å². The molecule has 0 saturated carbocycles. The van der Waals surface area contributed by atoms with E-state index in [1.165, 1.54) is 6.07 Å². The fourth-order valence-corrected chi connectivity index (χ4v) is 3.28. The van der Waals surface area contributed by atoms with Crippen LogP contribution in [-0.4, -0.2) is 16.7 Å². The summed E-state index contributed by atoms with van der Waals surface area (Å²) >= 11 is 0. The Bertz CT molecular complexity index is 837. The first-order chi connectivity index (χ1) is 11.5. The third-order valence-corrected chi connectivity index (χ3v) is 4.37. The molecule has 1 heterocycles. The maximum absolute atomic E-state index is 13.7. The van der Waals surface area contributed by atoms with Gasteiger partial charge in [-0.05, 0) is 67.5 Å². The number of rotatable bonds is 2. The van der Waals surface area contributed by atoms with Crippen molar-refractivity contribution in [3.8, 4) is 0 Å². The average molecular weight is 325 g/mol. The summed E-state index contributed by atoms with van der Waals surface area (Å²) < 4.78 is 13.7. The zero-order valence-electron chi connectivity index (χ0n) is 13.8. The minimum Gasteiger partial charge on any atom is -0.369 e. The highest BCUT2D eigenvalue weighted by molar-refractivity contribution is 6.04. The van der Waals surface area contributed by atoms with Crippen molar-refractivity contribution >= 4 is 11.7 Å². The molecule has 24 heavy (non-hydrogen) atoms. The Labute approximate surface area is 140 Å². The van der Waals surface area contributed by atoms with Gasteiger partial charge in [0, 0.05) is 11.8 Å². The van der Waals surface area contributed by atoms with Gasteiger partial charge in [0.25, 0.3) is 0 Å². The standard InChI is InChI=1S/C18H20FN5/c1-10-3-4-13(19)9-14(10)12-7-15-17(11(2)5-6-22-15)16(8-12)23-24-18(20)21/h3-6,9,12H,7-8H2,1-2H3,(H4,20,21,24)/b23-16-/t12-/m0/s1. The van der Waals surface area contributed by atoms with Crippen LogP contribution < -0.4 is 11.5 Å². The molecular formula is C18H20FN5. The van der Waals surface area contributed by atoms with Crippen LogP contribution in [0.25, 0.3) is 0 Å². The molecule has 1 atom stereocenters. The van der Waals surface area contributed by atoms with Crippen LogP contribution in [0.3, 0.4) is 0 Å². The molecule has 1 aliphatic rings. The maximum atomic E-state index is 13.7. The molecule has 0 bridgehead atoms. The molecule has 6 heteroatoms. The predicted octanol–water partition coefficient (Wildman–Crippen LogP) is 2.55. The van der Waals surface area contributed by atoms with Crippen molar-refractivity contribution in [2.24, 2.45) is 21.7 Å². The van der Waals surface area contributed by atoms with E-state index in [2.05, 4.69) is 15.2 Å². The number of hydrogen-bond acceptors (Lipinski definition) is 3. The predicted molar refractivity (Wildman–Crippen MR) is 93.5 cm³/mol. The average Bonchev–Trinajstić information content (AvgIpc) is 2.54. The van der Waals surface area contributed by atoms with Gasteiger partial charge in [0.05, 0.1) is 11.4 Å². The van der Waals surface area contributed by atoms with Gasteiger partial charge in [0.15, 0.2) is 0 Å². The van der Waals surface area contributed by atoms with E-state index in [1.54, 1.807) is 18.3 Å². The van der Waals surface area contributed by atoms with Crippen LogP contribution >= 0.6 is 0 Å². The lowest BCUT2D eigenvalue weighted by molar-refractivity contribution is 0.612. The summed E-state index contributed by atoms with van der Waals surface area (Å²) in [6.45, 7) is 4.00. The number of nitrogens with two attached hydrogens (primary N) is 2. The van der Waals surface area contributed by atoms with Crippen molar-refractivity contribution in [1.29, 1.82) is 0 Å². The Kier molecular flexibility index (Phi) is 4.29. The fraction of sp³-hybridized carbons (Fsp3) is 0.278. The van der Waals surface area contributed by atoms with Crippen molar-refractivity contribution in [2.45, 2.75) is 32.6 Å². The van der Waals surface area contributed by atoms with Crippen molar-refractivity contribution in [3.63, 3.8) is 0 Å². The Morgan fingerprint density at radius 1 is 1.17 bits per heavy atom. The molecule has 4 N–H and O–H groups in total. The third-order valence-electron chi connectivity index (χ3n) is 4.37. The number of fused-ring (bicyclic) bond motifs is 1. The van der Waals surface area contributed by atoms with Gasteiger partial charge in [-0.1, -0.05) is 6.07 Å². The van der Waals surface area contributed by atoms with E-state index >= 15 is 0 Å². The first-order valence-electron chi connectivity index (χ1n) is 7.82. The molecule has 0 unspecified atom stereocenters. The highest BCUT2D eigenvalue weighted by Gasteiger charge is 2.28. The number of nitrogens with zero attached hydrogens (tertiary/aromatic N) is 3. The Morgan fingerprint density at radius 2 is 1.96 bits per heavy atom. The van der Waals surface area contributed by atoms with Gasteiger partial charge < -0.3 is 11.5 Å². The topological polar surface area (TPSA) is 89.6 Å². The summed E-state index contributed by atoms with van der Waals surface area (Å²) in [5, 5.41) is 8.05. The van der Waals surface area contributed by atoms with Crippen LogP contribution in [0, 0.1) is 19.7 Å². The number of halogens is 1. The second-order valence-corrected chi connectivity index (χ2v) is 6.13. The molecule has 1 aromatic carbocycles. The Morgan fingerprint density at radius 3 is 2.71 bits per heavy atom. The van der Waals surface area contributed by atoms with Crippen LogP contribution in [0.4, 0.5) is 4.39 Å². The van der Waals surface area contributed by atoms with Crippen LogP contribution in [-0.2, 0) is 6.42 Å². The molecule has 0 amide bonds. The monoisotopic (exact) mass is 325 g/mol. The first-order valence-corrected chi connectivity index (χ1v) is 7.82. The SMILES string of the molecule is Cc1ccc(F)cc1[C@@H]1C/C(=N/N=C(N)N)c2c(C)ccnc2C1. The van der Waals surface area contributed by atoms with Gasteiger partial charge in [-0.3, -0.25) is 4.98 Å². The fourth-order valence-electron chi connectivity index (χ4n) is 3.28. The quantitative estimate of drug-likeness (QED) is 0.505. The summed E-state index contributed by atoms with van der Waals surface area (Å²) in [5.41, 5.74) is 16.7. The van der Waals surface area contributed by atoms with E-state index in [0.717, 1.165) is 40.1 Å². The molecule has 0 fully saturated rings. The van der Waals surface area contributed by atoms with Crippen LogP contribution in [0.1, 0.15) is 40.3 Å². The smallest absolute Gasteiger partial charge is 0.211 e. The highest BCUT2D eigenvalue weighted by atomic mass is 19.1. The molecule has 0 aliphatic heterocycles. The normalized spacial score (nSPS) is 18.3. The number of aromatic nitrogens is 1. The minimum absolute atomic E-state index is 0.0883. The molecule has 2 aromatic rings. The molecule has 1 aromatic heterocycles. The third kappa shape index (κ3) is 3.13. The number of pyridine rings is 1. The van der Waals surface area contributed by atoms with Crippen LogP contribution in [0.5, 0.6) is 0 Å². The summed E-state index contributed by atoms with van der Waals surface area (Å²) in [6, 6.07) is 6.82. The van der Waals surface area contributed by atoms with Crippen LogP contribution in [0.2, 0.25) is 0 Å². The van der Waals surface area contributed by atoms with E-state index in [-0.39, 0.29) is 17.7 Å². The maximum Gasteiger partial charge on any atom is 0.211 e. The number of aryl methyl sites for hydroxylation is 2. The van der Waals surface area contributed by atoms with Crippen molar-refractivity contribution in [3.05, 3.63) is 64.2 Å². The van der Waals surface area contributed by atoms with Crippen molar-refractivity contribution in [1.82, 2.24) is 4.98 Å². The number of guanidine groups is 1. The van der Waals surface area contributed by atoms with Crippen molar-refractivity contribution in [2.75, 3.05) is 0 Å². The summed E-state index contributed by atoms with van der Waals surface area (Å²) in [5.74, 6) is -0.230. The van der Waals surface area contributed by atoms with E-state index in [9.17, 15) is 4.39 Å². The van der Waals surface area contributed by atoms with E-state index in [1.807, 2.05) is 19.9 Å². The number of benzene rings is 1. The van der Waals surface area contributed by atoms with Gasteiger partial charge in [-0.25, -0.2) is 4.39 Å². The molecule has 3 rings (SSSR count). The van der Waals surface area contributed by atoms with E-state index < -0.39 is 0 Å². The van der Waals surface area contributed by atoms with E-state index in [4.69, 9.17) is 11.5 Å². The molecule has 5 nitrogen and oxygen atoms in total. The van der Waals surface area contributed by atoms with Crippen LogP contribution in [0.15, 0.2) is 40.7 Å². The van der Waals surface area contributed by atoms with Gasteiger partial charge in [0.1, 0.15) is 5.82 Å². The van der Waals surface area contributed by atoms with Gasteiger partial charge in [-0.15, -0.1) is 5.10 Å². The second kappa shape index (κ2) is 6.39. The summed E-state index contributed by atoms with van der Waals surface area (Å²) in [7, 11) is 0. The Balaban J connectivity index is 2.10. The van der Waals surface area contributed by atoms with E-state index in [0.29, 0.717) is 6.42 Å². The number of hydrogen-bond donors (Lipinski definition) is 2. The molecule has 124 valence electrons. The lowest BCUT2D eigenvalue weighted by Gasteiger charge is -2.27. The zero-order valence-corrected chi connectivity index (χ0v) is 13.8. The Hall–Kier alpha value is -2.76. The second-order valence-electron chi connectivity index (χ2n) is 6.13. The minimum atomic E-state index is -0.235.